The number of hydrogen-bond donors (Lipinski definition) is 1. The van der Waals surface area contributed by atoms with E-state index in [4.69, 9.17) is 5.11 Å². The first kappa shape index (κ1) is 13.1. The topological polar surface area (TPSA) is 79.9 Å². The van der Waals surface area contributed by atoms with Crippen molar-refractivity contribution >= 4 is 17.1 Å². The zero-order valence-electron chi connectivity index (χ0n) is 11.2. The van der Waals surface area contributed by atoms with E-state index in [-0.39, 0.29) is 6.42 Å². The van der Waals surface area contributed by atoms with Gasteiger partial charge in [0.1, 0.15) is 11.9 Å². The molecule has 0 spiro atoms. The molecular weight excluding hydrogens is 268 g/mol. The Hall–Kier alpha value is -2.89. The van der Waals surface area contributed by atoms with Crippen molar-refractivity contribution in [3.63, 3.8) is 0 Å². The molecule has 0 unspecified atom stereocenters. The van der Waals surface area contributed by atoms with Gasteiger partial charge in [-0.2, -0.15) is 0 Å². The summed E-state index contributed by atoms with van der Waals surface area (Å²) in [6, 6.07) is 7.47. The van der Waals surface area contributed by atoms with Crippen LogP contribution in [0.5, 0.6) is 0 Å². The standard InChI is InChI=1S/C15H12N4O2/c20-14(21)5-9-19-7-3-11(4-8-19)13-10-17-12-2-1-6-16-15(12)18-13/h1-4,6-8,10H,5,9H2/p+1. The van der Waals surface area contributed by atoms with Crippen molar-refractivity contribution in [2.24, 2.45) is 0 Å². The Morgan fingerprint density at radius 1 is 1.19 bits per heavy atom. The highest BCUT2D eigenvalue weighted by Crippen LogP contribution is 2.16. The van der Waals surface area contributed by atoms with E-state index in [1.807, 2.05) is 41.2 Å². The first-order valence-electron chi connectivity index (χ1n) is 6.51. The molecule has 0 aliphatic rings. The van der Waals surface area contributed by atoms with E-state index in [1.165, 1.54) is 0 Å². The summed E-state index contributed by atoms with van der Waals surface area (Å²) in [6.07, 6.45) is 7.17. The first-order valence-corrected chi connectivity index (χ1v) is 6.51. The Bertz CT molecular complexity index is 787. The highest BCUT2D eigenvalue weighted by atomic mass is 16.4. The minimum absolute atomic E-state index is 0.101. The zero-order valence-corrected chi connectivity index (χ0v) is 11.2. The van der Waals surface area contributed by atoms with Gasteiger partial charge in [0.2, 0.25) is 0 Å². The maximum absolute atomic E-state index is 10.5. The molecule has 0 bridgehead atoms. The van der Waals surface area contributed by atoms with Crippen LogP contribution >= 0.6 is 0 Å². The molecule has 1 N–H and O–H groups in total. The summed E-state index contributed by atoms with van der Waals surface area (Å²) in [6.45, 7) is 0.445. The molecule has 3 aromatic heterocycles. The van der Waals surface area contributed by atoms with Crippen molar-refractivity contribution < 1.29 is 14.5 Å². The van der Waals surface area contributed by atoms with Gasteiger partial charge in [-0.05, 0) is 12.1 Å². The molecule has 0 amide bonds. The van der Waals surface area contributed by atoms with Crippen LogP contribution in [0.4, 0.5) is 0 Å². The van der Waals surface area contributed by atoms with Crippen molar-refractivity contribution in [1.29, 1.82) is 0 Å². The maximum atomic E-state index is 10.5. The quantitative estimate of drug-likeness (QED) is 0.732. The Kier molecular flexibility index (Phi) is 3.51. The molecule has 21 heavy (non-hydrogen) atoms. The second kappa shape index (κ2) is 5.62. The fourth-order valence-corrected chi connectivity index (χ4v) is 1.99. The van der Waals surface area contributed by atoms with E-state index in [0.717, 1.165) is 16.8 Å². The van der Waals surface area contributed by atoms with Crippen LogP contribution in [0.25, 0.3) is 22.4 Å². The fourth-order valence-electron chi connectivity index (χ4n) is 1.99. The number of nitrogens with zero attached hydrogens (tertiary/aromatic N) is 4. The van der Waals surface area contributed by atoms with Crippen LogP contribution in [0.15, 0.2) is 49.1 Å². The molecule has 104 valence electrons. The molecule has 3 heterocycles. The number of rotatable bonds is 4. The lowest BCUT2D eigenvalue weighted by atomic mass is 10.2. The van der Waals surface area contributed by atoms with Gasteiger partial charge in [-0.3, -0.25) is 9.78 Å². The molecule has 0 aliphatic carbocycles. The van der Waals surface area contributed by atoms with Crippen molar-refractivity contribution in [3.05, 3.63) is 49.1 Å². The number of aliphatic carboxylic acids is 1. The molecule has 0 saturated heterocycles. The number of aromatic nitrogens is 4. The molecular formula is C15H13N4O2+. The summed E-state index contributed by atoms with van der Waals surface area (Å²) in [5.74, 6) is -0.807. The maximum Gasteiger partial charge on any atom is 0.309 e. The van der Waals surface area contributed by atoms with Gasteiger partial charge >= 0.3 is 5.97 Å². The summed E-state index contributed by atoms with van der Waals surface area (Å²) in [7, 11) is 0. The molecule has 0 aromatic carbocycles. The Morgan fingerprint density at radius 2 is 2.00 bits per heavy atom. The number of carboxylic acids is 1. The zero-order chi connectivity index (χ0) is 14.7. The number of hydrogen-bond acceptors (Lipinski definition) is 4. The number of fused-ring (bicyclic) bond motifs is 1. The highest BCUT2D eigenvalue weighted by Gasteiger charge is 2.07. The smallest absolute Gasteiger partial charge is 0.309 e. The number of pyridine rings is 2. The number of carboxylic acid groups (broad SMARTS) is 1. The third-order valence-corrected chi connectivity index (χ3v) is 3.09. The second-order valence-corrected chi connectivity index (χ2v) is 4.57. The van der Waals surface area contributed by atoms with Crippen molar-refractivity contribution in [2.45, 2.75) is 13.0 Å². The summed E-state index contributed by atoms with van der Waals surface area (Å²) in [4.78, 5) is 23.5. The van der Waals surface area contributed by atoms with Gasteiger partial charge in [0.25, 0.3) is 0 Å². The molecule has 3 rings (SSSR count). The predicted molar refractivity (Wildman–Crippen MR) is 75.2 cm³/mol. The first-order chi connectivity index (χ1) is 10.2. The summed E-state index contributed by atoms with van der Waals surface area (Å²) >= 11 is 0. The van der Waals surface area contributed by atoms with Crippen LogP contribution in [0, 0.1) is 0 Å². The lowest BCUT2D eigenvalue weighted by molar-refractivity contribution is -0.695. The van der Waals surface area contributed by atoms with Crippen LogP contribution in [0.3, 0.4) is 0 Å². The Morgan fingerprint density at radius 3 is 2.76 bits per heavy atom. The number of carbonyl (C=O) groups is 1. The van der Waals surface area contributed by atoms with Crippen molar-refractivity contribution in [2.75, 3.05) is 0 Å². The SMILES string of the molecule is O=C(O)CC[n+]1ccc(-c2cnc3cccnc3n2)cc1. The monoisotopic (exact) mass is 281 g/mol. The molecule has 6 nitrogen and oxygen atoms in total. The van der Waals surface area contributed by atoms with E-state index in [2.05, 4.69) is 15.0 Å². The minimum atomic E-state index is -0.807. The summed E-state index contributed by atoms with van der Waals surface area (Å²) < 4.78 is 1.82. The Labute approximate surface area is 120 Å². The van der Waals surface area contributed by atoms with Crippen molar-refractivity contribution in [3.8, 4) is 11.3 Å². The van der Waals surface area contributed by atoms with E-state index in [1.54, 1.807) is 12.4 Å². The van der Waals surface area contributed by atoms with Crippen LogP contribution in [-0.4, -0.2) is 26.0 Å². The van der Waals surface area contributed by atoms with E-state index >= 15 is 0 Å². The van der Waals surface area contributed by atoms with Crippen molar-refractivity contribution in [1.82, 2.24) is 15.0 Å². The lowest BCUT2D eigenvalue weighted by Gasteiger charge is -2.01. The molecule has 0 atom stereocenters. The van der Waals surface area contributed by atoms with E-state index in [9.17, 15) is 4.79 Å². The largest absolute Gasteiger partial charge is 0.481 e. The fraction of sp³-hybridized carbons (Fsp3) is 0.133. The van der Waals surface area contributed by atoms with Gasteiger partial charge < -0.3 is 5.11 Å². The van der Waals surface area contributed by atoms with Gasteiger partial charge in [0, 0.05) is 23.9 Å². The molecule has 6 heteroatoms. The van der Waals surface area contributed by atoms with Gasteiger partial charge in [0.15, 0.2) is 24.6 Å². The second-order valence-electron chi connectivity index (χ2n) is 4.57. The summed E-state index contributed by atoms with van der Waals surface area (Å²) in [5, 5.41) is 8.67. The minimum Gasteiger partial charge on any atom is -0.481 e. The van der Waals surface area contributed by atoms with Crippen LogP contribution in [0.2, 0.25) is 0 Å². The average Bonchev–Trinajstić information content (AvgIpc) is 2.53. The molecule has 0 fully saturated rings. The normalized spacial score (nSPS) is 10.7. The lowest BCUT2D eigenvalue weighted by Crippen LogP contribution is -2.33. The van der Waals surface area contributed by atoms with Gasteiger partial charge in [-0.25, -0.2) is 14.5 Å². The van der Waals surface area contributed by atoms with Crippen LogP contribution < -0.4 is 4.57 Å². The van der Waals surface area contributed by atoms with Gasteiger partial charge in [-0.1, -0.05) is 0 Å². The van der Waals surface area contributed by atoms with Crippen LogP contribution in [0.1, 0.15) is 6.42 Å². The molecule has 0 aliphatic heterocycles. The number of aryl methyl sites for hydroxylation is 1. The average molecular weight is 281 g/mol. The predicted octanol–water partition coefficient (Wildman–Crippen LogP) is 1.45. The van der Waals surface area contributed by atoms with Crippen LogP contribution in [-0.2, 0) is 11.3 Å². The van der Waals surface area contributed by atoms with Gasteiger partial charge in [0.05, 0.1) is 11.9 Å². The third kappa shape index (κ3) is 3.00. The molecule has 0 radical (unpaired) electrons. The van der Waals surface area contributed by atoms with Gasteiger partial charge in [-0.15, -0.1) is 0 Å². The Balaban J connectivity index is 1.86. The highest BCUT2D eigenvalue weighted by molar-refractivity contribution is 5.72. The van der Waals surface area contributed by atoms with E-state index < -0.39 is 5.97 Å². The third-order valence-electron chi connectivity index (χ3n) is 3.09. The summed E-state index contributed by atoms with van der Waals surface area (Å²) in [5.41, 5.74) is 3.03. The van der Waals surface area contributed by atoms with E-state index in [0.29, 0.717) is 12.2 Å². The molecule has 0 saturated carbocycles. The molecule has 3 aromatic rings.